The van der Waals surface area contributed by atoms with Gasteiger partial charge in [0.1, 0.15) is 0 Å². The lowest BCUT2D eigenvalue weighted by Crippen LogP contribution is -2.19. The Morgan fingerprint density at radius 3 is 2.62 bits per heavy atom. The van der Waals surface area contributed by atoms with Crippen LogP contribution in [0, 0.1) is 10.1 Å². The number of amides is 1. The number of carbonyl (C=O) groups excluding carboxylic acids is 1. The van der Waals surface area contributed by atoms with E-state index in [0.717, 1.165) is 0 Å². The minimum atomic E-state index is -0.481. The molecule has 0 fully saturated rings. The number of carbonyl (C=O) groups is 1. The lowest BCUT2D eigenvalue weighted by atomic mass is 10.1. The summed E-state index contributed by atoms with van der Waals surface area (Å²) in [5.74, 6) is -0.257. The smallest absolute Gasteiger partial charge is 0.269 e. The van der Waals surface area contributed by atoms with E-state index < -0.39 is 4.92 Å². The van der Waals surface area contributed by atoms with Crippen molar-refractivity contribution in [3.63, 3.8) is 0 Å². The first-order valence-corrected chi connectivity index (χ1v) is 4.63. The van der Waals surface area contributed by atoms with Gasteiger partial charge >= 0.3 is 0 Å². The number of hydrogen-bond donors (Lipinski definition) is 1. The van der Waals surface area contributed by atoms with Crippen LogP contribution in [0.15, 0.2) is 29.4 Å². The zero-order valence-corrected chi connectivity index (χ0v) is 8.71. The van der Waals surface area contributed by atoms with E-state index in [9.17, 15) is 14.9 Å². The van der Waals surface area contributed by atoms with E-state index in [1.54, 1.807) is 19.1 Å². The predicted octanol–water partition coefficient (Wildman–Crippen LogP) is 1.26. The van der Waals surface area contributed by atoms with Crippen molar-refractivity contribution in [2.75, 3.05) is 0 Å². The zero-order valence-electron chi connectivity index (χ0n) is 8.71. The number of nitrogens with one attached hydrogen (secondary N) is 1. The third-order valence-electron chi connectivity index (χ3n) is 1.83. The number of non-ortho nitro benzene ring substituents is 1. The van der Waals surface area contributed by atoms with Gasteiger partial charge in [0.05, 0.1) is 11.3 Å². The third-order valence-corrected chi connectivity index (χ3v) is 1.83. The number of hydrazone groups is 1. The summed E-state index contributed by atoms with van der Waals surface area (Å²) in [5, 5.41) is 14.0. The molecule has 0 spiro atoms. The molecule has 1 rings (SSSR count). The molecule has 0 bridgehead atoms. The molecule has 0 radical (unpaired) electrons. The lowest BCUT2D eigenvalue weighted by Gasteiger charge is -1.99. The summed E-state index contributed by atoms with van der Waals surface area (Å²) >= 11 is 0. The highest BCUT2D eigenvalue weighted by molar-refractivity contribution is 5.79. The zero-order chi connectivity index (χ0) is 12.0. The summed E-state index contributed by atoms with van der Waals surface area (Å²) in [6.07, 6.45) is 1.61. The fraction of sp³-hybridized carbons (Fsp3) is 0.200. The van der Waals surface area contributed by atoms with Crippen LogP contribution in [-0.2, 0) is 11.2 Å². The highest BCUT2D eigenvalue weighted by Gasteiger charge is 2.06. The average Bonchev–Trinajstić information content (AvgIpc) is 2.27. The number of nitrogens with zero attached hydrogens (tertiary/aromatic N) is 2. The first kappa shape index (κ1) is 11.8. The maximum absolute atomic E-state index is 11.2. The van der Waals surface area contributed by atoms with Gasteiger partial charge in [-0.05, 0) is 12.5 Å². The predicted molar refractivity (Wildman–Crippen MR) is 59.1 cm³/mol. The third kappa shape index (κ3) is 3.49. The number of benzene rings is 1. The Bertz CT molecular complexity index is 412. The standard InChI is InChI=1S/C10H11N3O3/c1-2-11-12-10(14)7-8-3-5-9(6-4-8)13(15)16/h2-6H,7H2,1H3,(H,12,14)/b11-2+. The van der Waals surface area contributed by atoms with E-state index in [4.69, 9.17) is 0 Å². The molecule has 0 aromatic heterocycles. The Morgan fingerprint density at radius 2 is 2.12 bits per heavy atom. The summed E-state index contributed by atoms with van der Waals surface area (Å²) in [6.45, 7) is 1.69. The molecule has 1 N–H and O–H groups in total. The average molecular weight is 221 g/mol. The van der Waals surface area contributed by atoms with E-state index in [-0.39, 0.29) is 18.0 Å². The topological polar surface area (TPSA) is 84.6 Å². The van der Waals surface area contributed by atoms with Gasteiger partial charge in [-0.1, -0.05) is 12.1 Å². The van der Waals surface area contributed by atoms with Gasteiger partial charge in [-0.2, -0.15) is 5.10 Å². The van der Waals surface area contributed by atoms with E-state index in [0.29, 0.717) is 5.56 Å². The van der Waals surface area contributed by atoms with Gasteiger partial charge in [-0.15, -0.1) is 0 Å². The molecule has 0 saturated carbocycles. The minimum Gasteiger partial charge on any atom is -0.273 e. The maximum atomic E-state index is 11.2. The lowest BCUT2D eigenvalue weighted by molar-refractivity contribution is -0.384. The fourth-order valence-electron chi connectivity index (χ4n) is 1.10. The number of hydrogen-bond acceptors (Lipinski definition) is 4. The summed E-state index contributed by atoms with van der Waals surface area (Å²) in [6, 6.07) is 5.83. The van der Waals surface area contributed by atoms with Gasteiger partial charge < -0.3 is 0 Å². The van der Waals surface area contributed by atoms with Crippen molar-refractivity contribution in [2.45, 2.75) is 13.3 Å². The van der Waals surface area contributed by atoms with Crippen LogP contribution >= 0.6 is 0 Å². The largest absolute Gasteiger partial charge is 0.273 e. The Kier molecular flexibility index (Phi) is 4.14. The van der Waals surface area contributed by atoms with Crippen LogP contribution in [0.25, 0.3) is 0 Å². The maximum Gasteiger partial charge on any atom is 0.269 e. The highest BCUT2D eigenvalue weighted by atomic mass is 16.6. The summed E-state index contributed by atoms with van der Waals surface area (Å²) in [4.78, 5) is 21.1. The van der Waals surface area contributed by atoms with E-state index in [1.165, 1.54) is 18.3 Å². The molecular weight excluding hydrogens is 210 g/mol. The summed E-state index contributed by atoms with van der Waals surface area (Å²) in [7, 11) is 0. The Hall–Kier alpha value is -2.24. The summed E-state index contributed by atoms with van der Waals surface area (Å²) in [5.41, 5.74) is 3.03. The monoisotopic (exact) mass is 221 g/mol. The fourth-order valence-corrected chi connectivity index (χ4v) is 1.10. The molecule has 1 aromatic carbocycles. The van der Waals surface area contributed by atoms with Gasteiger partial charge in [0.2, 0.25) is 5.91 Å². The van der Waals surface area contributed by atoms with Crippen LogP contribution in [0.5, 0.6) is 0 Å². The van der Waals surface area contributed by atoms with Crippen molar-refractivity contribution >= 4 is 17.8 Å². The van der Waals surface area contributed by atoms with Crippen molar-refractivity contribution in [2.24, 2.45) is 5.10 Å². The first-order chi connectivity index (χ1) is 7.63. The number of nitro benzene ring substituents is 1. The molecule has 0 atom stereocenters. The normalized spacial score (nSPS) is 10.3. The summed E-state index contributed by atoms with van der Waals surface area (Å²) < 4.78 is 0. The van der Waals surface area contributed by atoms with Crippen molar-refractivity contribution in [3.8, 4) is 0 Å². The Labute approximate surface area is 92.1 Å². The van der Waals surface area contributed by atoms with E-state index in [2.05, 4.69) is 10.5 Å². The SMILES string of the molecule is C/C=N/NC(=O)Cc1ccc([N+](=O)[O-])cc1. The van der Waals surface area contributed by atoms with Crippen molar-refractivity contribution in [1.82, 2.24) is 5.43 Å². The molecule has 0 saturated heterocycles. The second-order valence-electron chi connectivity index (χ2n) is 3.02. The molecule has 0 aliphatic carbocycles. The van der Waals surface area contributed by atoms with Gasteiger partial charge in [0, 0.05) is 18.3 Å². The van der Waals surface area contributed by atoms with Crippen molar-refractivity contribution in [1.29, 1.82) is 0 Å². The van der Waals surface area contributed by atoms with Crippen LogP contribution < -0.4 is 5.43 Å². The molecular formula is C10H11N3O3. The van der Waals surface area contributed by atoms with Crippen molar-refractivity contribution < 1.29 is 9.72 Å². The number of rotatable bonds is 4. The molecule has 84 valence electrons. The van der Waals surface area contributed by atoms with Crippen LogP contribution in [0.2, 0.25) is 0 Å². The van der Waals surface area contributed by atoms with E-state index in [1.807, 2.05) is 0 Å². The molecule has 1 amide bonds. The molecule has 0 heterocycles. The van der Waals surface area contributed by atoms with Crippen molar-refractivity contribution in [3.05, 3.63) is 39.9 Å². The van der Waals surface area contributed by atoms with E-state index >= 15 is 0 Å². The van der Waals surface area contributed by atoms with Crippen LogP contribution in [0.1, 0.15) is 12.5 Å². The minimum absolute atomic E-state index is 0.00994. The van der Waals surface area contributed by atoms with Gasteiger partial charge in [0.25, 0.3) is 5.69 Å². The molecule has 6 heteroatoms. The highest BCUT2D eigenvalue weighted by Crippen LogP contribution is 2.12. The first-order valence-electron chi connectivity index (χ1n) is 4.63. The molecule has 1 aromatic rings. The van der Waals surface area contributed by atoms with Gasteiger partial charge in [-0.3, -0.25) is 14.9 Å². The van der Waals surface area contributed by atoms with Crippen LogP contribution in [-0.4, -0.2) is 17.0 Å². The van der Waals surface area contributed by atoms with Gasteiger partial charge in [-0.25, -0.2) is 5.43 Å². The van der Waals surface area contributed by atoms with Crippen LogP contribution in [0.3, 0.4) is 0 Å². The molecule has 0 unspecified atom stereocenters. The molecule has 0 aliphatic heterocycles. The molecule has 0 aliphatic rings. The second-order valence-corrected chi connectivity index (χ2v) is 3.02. The molecule has 6 nitrogen and oxygen atoms in total. The van der Waals surface area contributed by atoms with Gasteiger partial charge in [0.15, 0.2) is 0 Å². The Balaban J connectivity index is 2.61. The second kappa shape index (κ2) is 5.59. The molecule has 16 heavy (non-hydrogen) atoms. The Morgan fingerprint density at radius 1 is 1.50 bits per heavy atom. The quantitative estimate of drug-likeness (QED) is 0.472. The number of nitro groups is 1. The van der Waals surface area contributed by atoms with Crippen LogP contribution in [0.4, 0.5) is 5.69 Å².